The van der Waals surface area contributed by atoms with Gasteiger partial charge in [-0.1, -0.05) is 19.9 Å². The molecule has 1 N–H and O–H groups in total. The van der Waals surface area contributed by atoms with Gasteiger partial charge in [0, 0.05) is 38.5 Å². The lowest BCUT2D eigenvalue weighted by molar-refractivity contribution is 0.143. The lowest BCUT2D eigenvalue weighted by Gasteiger charge is -2.22. The first-order valence-corrected chi connectivity index (χ1v) is 9.72. The zero-order valence-corrected chi connectivity index (χ0v) is 19.4. The Morgan fingerprint density at radius 2 is 2.22 bits per heavy atom. The highest BCUT2D eigenvalue weighted by Gasteiger charge is 2.25. The molecule has 2 rings (SSSR count). The Morgan fingerprint density at radius 1 is 1.41 bits per heavy atom. The van der Waals surface area contributed by atoms with Crippen LogP contribution in [-0.2, 0) is 11.3 Å². The van der Waals surface area contributed by atoms with Crippen molar-refractivity contribution < 1.29 is 9.47 Å². The van der Waals surface area contributed by atoms with Crippen molar-refractivity contribution >= 4 is 29.9 Å². The number of ether oxygens (including phenoxy) is 2. The molecular formula is C20H35IN4O2. The van der Waals surface area contributed by atoms with E-state index in [9.17, 15) is 0 Å². The van der Waals surface area contributed by atoms with E-state index in [1.807, 2.05) is 12.1 Å². The summed E-state index contributed by atoms with van der Waals surface area (Å²) >= 11 is 0. The summed E-state index contributed by atoms with van der Waals surface area (Å²) in [5.74, 6) is 3.15. The molecule has 6 nitrogen and oxygen atoms in total. The van der Waals surface area contributed by atoms with Gasteiger partial charge >= 0.3 is 0 Å². The second kappa shape index (κ2) is 13.1. The maximum absolute atomic E-state index is 5.72. The van der Waals surface area contributed by atoms with E-state index in [4.69, 9.17) is 14.5 Å². The van der Waals surface area contributed by atoms with Crippen molar-refractivity contribution in [1.29, 1.82) is 0 Å². The molecule has 1 aliphatic heterocycles. The van der Waals surface area contributed by atoms with Gasteiger partial charge in [-0.15, -0.1) is 24.0 Å². The molecule has 7 heteroatoms. The van der Waals surface area contributed by atoms with Crippen LogP contribution in [0.1, 0.15) is 39.2 Å². The number of hydrogen-bond donors (Lipinski definition) is 1. The number of hydrogen-bond acceptors (Lipinski definition) is 4. The molecule has 0 aromatic carbocycles. The number of nitrogens with one attached hydrogen (secondary N) is 1. The first kappa shape index (κ1) is 23.9. The minimum absolute atomic E-state index is 0. The smallest absolute Gasteiger partial charge is 0.218 e. The number of pyridine rings is 1. The first-order chi connectivity index (χ1) is 12.6. The summed E-state index contributed by atoms with van der Waals surface area (Å²) in [4.78, 5) is 11.6. The van der Waals surface area contributed by atoms with Gasteiger partial charge in [-0.25, -0.2) is 9.98 Å². The molecule has 1 aromatic heterocycles. The van der Waals surface area contributed by atoms with Crippen molar-refractivity contribution in [3.05, 3.63) is 23.9 Å². The number of guanidine groups is 1. The fraction of sp³-hybridized carbons (Fsp3) is 0.700. The largest absolute Gasteiger partial charge is 0.475 e. The van der Waals surface area contributed by atoms with Crippen LogP contribution in [0.5, 0.6) is 5.88 Å². The predicted octanol–water partition coefficient (Wildman–Crippen LogP) is 3.56. The molecule has 1 unspecified atom stereocenters. The van der Waals surface area contributed by atoms with Crippen molar-refractivity contribution in [1.82, 2.24) is 15.2 Å². The summed E-state index contributed by atoms with van der Waals surface area (Å²) < 4.78 is 10.8. The molecule has 1 aliphatic rings. The van der Waals surface area contributed by atoms with E-state index < -0.39 is 0 Å². The number of aliphatic imine (C=N–C) groups is 1. The number of methoxy groups -OCH3 is 1. The molecule has 1 fully saturated rings. The molecule has 0 aliphatic carbocycles. The monoisotopic (exact) mass is 490 g/mol. The fourth-order valence-electron chi connectivity index (χ4n) is 3.37. The quantitative estimate of drug-likeness (QED) is 0.248. The molecule has 1 atom stereocenters. The maximum Gasteiger partial charge on any atom is 0.218 e. The van der Waals surface area contributed by atoms with E-state index in [0.29, 0.717) is 25.6 Å². The Hall–Kier alpha value is -1.09. The van der Waals surface area contributed by atoms with E-state index in [1.54, 1.807) is 13.3 Å². The minimum atomic E-state index is 0. The third-order valence-corrected chi connectivity index (χ3v) is 4.50. The molecule has 2 heterocycles. The molecule has 0 saturated carbocycles. The summed E-state index contributed by atoms with van der Waals surface area (Å²) in [5, 5.41) is 3.44. The van der Waals surface area contributed by atoms with E-state index in [-0.39, 0.29) is 24.0 Å². The van der Waals surface area contributed by atoms with E-state index in [1.165, 1.54) is 12.8 Å². The van der Waals surface area contributed by atoms with Crippen LogP contribution < -0.4 is 10.1 Å². The van der Waals surface area contributed by atoms with Gasteiger partial charge < -0.3 is 19.7 Å². The molecule has 154 valence electrons. The Kier molecular flexibility index (Phi) is 11.7. The highest BCUT2D eigenvalue weighted by molar-refractivity contribution is 14.0. The Labute approximate surface area is 181 Å². The van der Waals surface area contributed by atoms with Gasteiger partial charge in [-0.2, -0.15) is 0 Å². The zero-order valence-electron chi connectivity index (χ0n) is 17.1. The van der Waals surface area contributed by atoms with Crippen molar-refractivity contribution in [2.24, 2.45) is 16.8 Å². The van der Waals surface area contributed by atoms with Gasteiger partial charge in [-0.05, 0) is 37.7 Å². The third-order valence-electron chi connectivity index (χ3n) is 4.50. The first-order valence-electron chi connectivity index (χ1n) is 9.72. The van der Waals surface area contributed by atoms with Crippen LogP contribution in [0.15, 0.2) is 23.3 Å². The topological polar surface area (TPSA) is 59.0 Å². The third kappa shape index (κ3) is 8.21. The normalized spacial score (nSPS) is 17.1. The fourth-order valence-corrected chi connectivity index (χ4v) is 3.37. The van der Waals surface area contributed by atoms with Gasteiger partial charge in [0.25, 0.3) is 0 Å². The summed E-state index contributed by atoms with van der Waals surface area (Å²) in [6.07, 6.45) is 4.29. The van der Waals surface area contributed by atoms with Gasteiger partial charge in [0.1, 0.15) is 6.61 Å². The highest BCUT2D eigenvalue weighted by Crippen LogP contribution is 2.23. The van der Waals surface area contributed by atoms with E-state index in [2.05, 4.69) is 36.0 Å². The number of likely N-dealkylation sites (tertiary alicyclic amines) is 1. The molecular weight excluding hydrogens is 455 g/mol. The van der Waals surface area contributed by atoms with Crippen LogP contribution in [0.25, 0.3) is 0 Å². The zero-order chi connectivity index (χ0) is 18.8. The van der Waals surface area contributed by atoms with Gasteiger partial charge in [-0.3, -0.25) is 0 Å². The van der Waals surface area contributed by atoms with Crippen molar-refractivity contribution in [3.63, 3.8) is 0 Å². The highest BCUT2D eigenvalue weighted by atomic mass is 127. The van der Waals surface area contributed by atoms with Crippen LogP contribution in [-0.4, -0.2) is 55.8 Å². The molecule has 1 saturated heterocycles. The van der Waals surface area contributed by atoms with Crippen LogP contribution in [0.3, 0.4) is 0 Å². The summed E-state index contributed by atoms with van der Waals surface area (Å²) in [6, 6.07) is 3.95. The summed E-state index contributed by atoms with van der Waals surface area (Å²) in [5.41, 5.74) is 0.997. The van der Waals surface area contributed by atoms with Crippen LogP contribution in [0, 0.1) is 11.8 Å². The number of aromatic nitrogens is 1. The lowest BCUT2D eigenvalue weighted by atomic mass is 9.97. The molecule has 0 spiro atoms. The standard InChI is InChI=1S/C20H34N4O2.HI/c1-5-21-20(24-10-8-17(15-24)13-16(2)3)23-14-18-7-6-9-22-19(18)26-12-11-25-4;/h6-7,9,16-17H,5,8,10-15H2,1-4H3,(H,21,23);1H. The average molecular weight is 490 g/mol. The number of nitrogens with zero attached hydrogens (tertiary/aromatic N) is 3. The van der Waals surface area contributed by atoms with Gasteiger partial charge in [0.15, 0.2) is 5.96 Å². The van der Waals surface area contributed by atoms with Gasteiger partial charge in [0.2, 0.25) is 5.88 Å². The van der Waals surface area contributed by atoms with Crippen LogP contribution >= 0.6 is 24.0 Å². The molecule has 1 aromatic rings. The Bertz CT molecular complexity index is 569. The molecule has 0 amide bonds. The summed E-state index contributed by atoms with van der Waals surface area (Å²) in [6.45, 7) is 11.4. The predicted molar refractivity (Wildman–Crippen MR) is 121 cm³/mol. The van der Waals surface area contributed by atoms with Crippen molar-refractivity contribution in [3.8, 4) is 5.88 Å². The minimum Gasteiger partial charge on any atom is -0.475 e. The second-order valence-electron chi connectivity index (χ2n) is 7.21. The van der Waals surface area contributed by atoms with Crippen molar-refractivity contribution in [2.45, 2.75) is 40.2 Å². The number of rotatable bonds is 9. The van der Waals surface area contributed by atoms with E-state index in [0.717, 1.165) is 43.0 Å². The van der Waals surface area contributed by atoms with Gasteiger partial charge in [0.05, 0.1) is 13.2 Å². The maximum atomic E-state index is 5.72. The average Bonchev–Trinajstić information content (AvgIpc) is 3.07. The van der Waals surface area contributed by atoms with Crippen LogP contribution in [0.2, 0.25) is 0 Å². The number of halogens is 1. The molecule has 0 radical (unpaired) electrons. The Morgan fingerprint density at radius 3 is 2.93 bits per heavy atom. The lowest BCUT2D eigenvalue weighted by Crippen LogP contribution is -2.40. The molecule has 0 bridgehead atoms. The summed E-state index contributed by atoms with van der Waals surface area (Å²) in [7, 11) is 1.66. The SMILES string of the molecule is CCNC(=NCc1cccnc1OCCOC)N1CCC(CC(C)C)C1.I. The second-order valence-corrected chi connectivity index (χ2v) is 7.21. The van der Waals surface area contributed by atoms with Crippen molar-refractivity contribution in [2.75, 3.05) is 40.0 Å². The Balaban J connectivity index is 0.00000364. The van der Waals surface area contributed by atoms with E-state index >= 15 is 0 Å². The van der Waals surface area contributed by atoms with Crippen LogP contribution in [0.4, 0.5) is 0 Å². The molecule has 27 heavy (non-hydrogen) atoms.